The minimum Gasteiger partial charge on any atom is -0.392 e. The molecule has 5 heteroatoms. The molecule has 0 bridgehead atoms. The summed E-state index contributed by atoms with van der Waals surface area (Å²) in [6, 6.07) is 5.65. The quantitative estimate of drug-likeness (QED) is 0.879. The summed E-state index contributed by atoms with van der Waals surface area (Å²) in [6.45, 7) is 5.16. The van der Waals surface area contributed by atoms with Crippen LogP contribution in [0.5, 0.6) is 0 Å². The lowest BCUT2D eigenvalue weighted by atomic mass is 10.1. The van der Waals surface area contributed by atoms with Crippen molar-refractivity contribution in [1.29, 1.82) is 0 Å². The Morgan fingerprint density at radius 1 is 1.24 bits per heavy atom. The Morgan fingerprint density at radius 2 is 2.00 bits per heavy atom. The smallest absolute Gasteiger partial charge is 0.130 e. The number of hydrogen-bond acceptors (Lipinski definition) is 3. The van der Waals surface area contributed by atoms with Gasteiger partial charge in [-0.2, -0.15) is 0 Å². The molecule has 0 aliphatic carbocycles. The summed E-state index contributed by atoms with van der Waals surface area (Å²) in [5.41, 5.74) is 1.63. The Labute approximate surface area is 127 Å². The van der Waals surface area contributed by atoms with Gasteiger partial charge in [-0.1, -0.05) is 6.07 Å². The lowest BCUT2D eigenvalue weighted by molar-refractivity contribution is 0.118. The first kappa shape index (κ1) is 16.1. The van der Waals surface area contributed by atoms with Crippen LogP contribution in [0.15, 0.2) is 29.6 Å². The molecule has 1 aromatic heterocycles. The highest BCUT2D eigenvalue weighted by molar-refractivity contribution is 7.10. The van der Waals surface area contributed by atoms with Crippen molar-refractivity contribution in [2.75, 3.05) is 6.54 Å². The van der Waals surface area contributed by atoms with E-state index in [4.69, 9.17) is 0 Å². The lowest BCUT2D eigenvalue weighted by Crippen LogP contribution is -2.30. The molecule has 0 amide bonds. The van der Waals surface area contributed by atoms with Gasteiger partial charge < -0.3 is 5.11 Å². The summed E-state index contributed by atoms with van der Waals surface area (Å²) in [5, 5.41) is 11.6. The van der Waals surface area contributed by atoms with E-state index in [0.717, 1.165) is 6.07 Å². The van der Waals surface area contributed by atoms with Gasteiger partial charge in [0.2, 0.25) is 0 Å². The van der Waals surface area contributed by atoms with Gasteiger partial charge >= 0.3 is 0 Å². The Morgan fingerprint density at radius 3 is 2.57 bits per heavy atom. The zero-order valence-electron chi connectivity index (χ0n) is 12.1. The molecule has 0 aliphatic rings. The maximum Gasteiger partial charge on any atom is 0.130 e. The standard InChI is InChI=1S/C16H19F2NOS/c1-11-5-6-21-16(11)10-19(8-12(2)20)9-13-3-4-14(17)7-15(13)18/h3-7,12,20H,8-10H2,1-2H3. The SMILES string of the molecule is Cc1ccsc1CN(Cc1ccc(F)cc1F)CC(C)O. The number of hydrogen-bond donors (Lipinski definition) is 1. The van der Waals surface area contributed by atoms with Crippen LogP contribution in [-0.2, 0) is 13.1 Å². The number of rotatable bonds is 6. The predicted octanol–water partition coefficient (Wildman–Crippen LogP) is 3.72. The van der Waals surface area contributed by atoms with Gasteiger partial charge in [0.15, 0.2) is 0 Å². The topological polar surface area (TPSA) is 23.5 Å². The fourth-order valence-corrected chi connectivity index (χ4v) is 3.17. The summed E-state index contributed by atoms with van der Waals surface area (Å²) < 4.78 is 26.7. The van der Waals surface area contributed by atoms with E-state index < -0.39 is 17.7 Å². The number of aliphatic hydroxyl groups excluding tert-OH is 1. The first-order chi connectivity index (χ1) is 9.95. The molecule has 2 nitrogen and oxygen atoms in total. The fraction of sp³-hybridized carbons (Fsp3) is 0.375. The summed E-state index contributed by atoms with van der Waals surface area (Å²) in [5.74, 6) is -1.12. The molecular weight excluding hydrogens is 292 g/mol. The van der Waals surface area contributed by atoms with Crippen molar-refractivity contribution < 1.29 is 13.9 Å². The average Bonchev–Trinajstić information content (AvgIpc) is 2.78. The van der Waals surface area contributed by atoms with Crippen LogP contribution in [0, 0.1) is 18.6 Å². The number of benzene rings is 1. The predicted molar refractivity (Wildman–Crippen MR) is 81.2 cm³/mol. The van der Waals surface area contributed by atoms with E-state index in [1.165, 1.54) is 22.6 Å². The monoisotopic (exact) mass is 311 g/mol. The Kier molecular flexibility index (Phi) is 5.45. The van der Waals surface area contributed by atoms with Crippen LogP contribution in [0.3, 0.4) is 0 Å². The van der Waals surface area contributed by atoms with E-state index in [-0.39, 0.29) is 0 Å². The second kappa shape index (κ2) is 7.11. The highest BCUT2D eigenvalue weighted by Crippen LogP contribution is 2.20. The van der Waals surface area contributed by atoms with Crippen molar-refractivity contribution in [3.63, 3.8) is 0 Å². The third-order valence-corrected chi connectivity index (χ3v) is 4.27. The third-order valence-electron chi connectivity index (χ3n) is 3.27. The molecule has 1 N–H and O–H groups in total. The summed E-state index contributed by atoms with van der Waals surface area (Å²) in [4.78, 5) is 3.16. The van der Waals surface area contributed by atoms with Crippen molar-refractivity contribution in [1.82, 2.24) is 4.90 Å². The van der Waals surface area contributed by atoms with Crippen molar-refractivity contribution >= 4 is 11.3 Å². The second-order valence-corrected chi connectivity index (χ2v) is 6.28. The van der Waals surface area contributed by atoms with Crippen molar-refractivity contribution in [3.8, 4) is 0 Å². The number of aryl methyl sites for hydroxylation is 1. The summed E-state index contributed by atoms with van der Waals surface area (Å²) >= 11 is 1.65. The molecule has 2 rings (SSSR count). The van der Waals surface area contributed by atoms with E-state index in [9.17, 15) is 13.9 Å². The number of halogens is 2. The molecule has 0 spiro atoms. The second-order valence-electron chi connectivity index (χ2n) is 5.28. The number of aliphatic hydroxyl groups is 1. The largest absolute Gasteiger partial charge is 0.392 e. The van der Waals surface area contributed by atoms with Crippen molar-refractivity contribution in [3.05, 3.63) is 57.3 Å². The molecule has 1 heterocycles. The Hall–Kier alpha value is -1.30. The molecule has 0 radical (unpaired) electrons. The highest BCUT2D eigenvalue weighted by atomic mass is 32.1. The van der Waals surface area contributed by atoms with Gasteiger partial charge in [-0.3, -0.25) is 4.90 Å². The summed E-state index contributed by atoms with van der Waals surface area (Å²) in [7, 11) is 0. The van der Waals surface area contributed by atoms with Gasteiger partial charge in [0.25, 0.3) is 0 Å². The van der Waals surface area contributed by atoms with Gasteiger partial charge in [-0.15, -0.1) is 11.3 Å². The van der Waals surface area contributed by atoms with E-state index in [2.05, 4.69) is 0 Å². The van der Waals surface area contributed by atoms with Crippen LogP contribution in [0.1, 0.15) is 22.9 Å². The molecule has 114 valence electrons. The molecule has 1 atom stereocenters. The molecule has 1 aromatic carbocycles. The molecule has 2 aromatic rings. The van der Waals surface area contributed by atoms with Crippen LogP contribution in [0.25, 0.3) is 0 Å². The highest BCUT2D eigenvalue weighted by Gasteiger charge is 2.14. The zero-order valence-corrected chi connectivity index (χ0v) is 13.0. The van der Waals surface area contributed by atoms with Crippen LogP contribution in [-0.4, -0.2) is 22.7 Å². The maximum absolute atomic E-state index is 13.8. The van der Waals surface area contributed by atoms with Crippen LogP contribution in [0.2, 0.25) is 0 Å². The molecule has 0 fully saturated rings. The first-order valence-corrected chi connectivity index (χ1v) is 7.71. The Bertz CT molecular complexity index is 598. The Balaban J connectivity index is 2.14. The van der Waals surface area contributed by atoms with Crippen LogP contribution < -0.4 is 0 Å². The number of thiophene rings is 1. The molecule has 21 heavy (non-hydrogen) atoms. The van der Waals surface area contributed by atoms with E-state index in [0.29, 0.717) is 25.2 Å². The fourth-order valence-electron chi connectivity index (χ4n) is 2.22. The normalized spacial score (nSPS) is 12.9. The minimum absolute atomic E-state index is 0.342. The van der Waals surface area contributed by atoms with Crippen molar-refractivity contribution in [2.24, 2.45) is 0 Å². The summed E-state index contributed by atoms with van der Waals surface area (Å²) in [6.07, 6.45) is -0.506. The van der Waals surface area contributed by atoms with Gasteiger partial charge in [0, 0.05) is 36.1 Å². The van der Waals surface area contributed by atoms with Gasteiger partial charge in [-0.05, 0) is 36.9 Å². The number of nitrogens with zero attached hydrogens (tertiary/aromatic N) is 1. The van der Waals surface area contributed by atoms with E-state index in [1.807, 2.05) is 23.3 Å². The first-order valence-electron chi connectivity index (χ1n) is 6.83. The maximum atomic E-state index is 13.8. The molecule has 1 unspecified atom stereocenters. The van der Waals surface area contributed by atoms with Crippen LogP contribution in [0.4, 0.5) is 8.78 Å². The minimum atomic E-state index is -0.576. The third kappa shape index (κ3) is 4.59. The van der Waals surface area contributed by atoms with E-state index in [1.54, 1.807) is 18.3 Å². The van der Waals surface area contributed by atoms with Crippen LogP contribution >= 0.6 is 11.3 Å². The van der Waals surface area contributed by atoms with Gasteiger partial charge in [-0.25, -0.2) is 8.78 Å². The van der Waals surface area contributed by atoms with E-state index >= 15 is 0 Å². The van der Waals surface area contributed by atoms with Crippen molar-refractivity contribution in [2.45, 2.75) is 33.0 Å². The van der Waals surface area contributed by atoms with Gasteiger partial charge in [0.05, 0.1) is 6.10 Å². The lowest BCUT2D eigenvalue weighted by Gasteiger charge is -2.24. The van der Waals surface area contributed by atoms with Gasteiger partial charge in [0.1, 0.15) is 11.6 Å². The molecule has 0 aliphatic heterocycles. The average molecular weight is 311 g/mol. The molecular formula is C16H19F2NOS. The molecule has 0 saturated heterocycles. The zero-order chi connectivity index (χ0) is 15.4. The molecule has 0 saturated carbocycles.